The fourth-order valence-corrected chi connectivity index (χ4v) is 1.20. The summed E-state index contributed by atoms with van der Waals surface area (Å²) >= 11 is 0. The van der Waals surface area contributed by atoms with Crippen LogP contribution in [0.5, 0.6) is 0 Å². The van der Waals surface area contributed by atoms with E-state index in [4.69, 9.17) is 5.11 Å². The Labute approximate surface area is 90.2 Å². The highest BCUT2D eigenvalue weighted by Crippen LogP contribution is 2.20. The third-order valence-corrected chi connectivity index (χ3v) is 2.20. The number of hydrogen-bond donors (Lipinski definition) is 1. The Morgan fingerprint density at radius 1 is 1.40 bits per heavy atom. The van der Waals surface area contributed by atoms with Crippen LogP contribution >= 0.6 is 0 Å². The summed E-state index contributed by atoms with van der Waals surface area (Å²) in [5.74, 6) is -0.926. The quantitative estimate of drug-likeness (QED) is 0.829. The highest BCUT2D eigenvalue weighted by molar-refractivity contribution is 5.87. The zero-order chi connectivity index (χ0) is 11.5. The van der Waals surface area contributed by atoms with Crippen molar-refractivity contribution in [1.82, 2.24) is 4.98 Å². The van der Waals surface area contributed by atoms with Crippen molar-refractivity contribution < 1.29 is 9.90 Å². The van der Waals surface area contributed by atoms with Gasteiger partial charge in [0, 0.05) is 11.9 Å². The van der Waals surface area contributed by atoms with E-state index in [2.05, 4.69) is 25.8 Å². The predicted octanol–water partition coefficient (Wildman–Crippen LogP) is 2.76. The first-order valence-corrected chi connectivity index (χ1v) is 5.07. The molecule has 0 atom stereocenters. The highest BCUT2D eigenvalue weighted by atomic mass is 16.4. The maximum Gasteiger partial charge on any atom is 0.337 e. The van der Waals surface area contributed by atoms with Crippen LogP contribution in [0.1, 0.15) is 43.2 Å². The molecule has 1 aromatic rings. The van der Waals surface area contributed by atoms with E-state index in [0.717, 1.165) is 18.5 Å². The van der Waals surface area contributed by atoms with Gasteiger partial charge in [-0.25, -0.2) is 4.79 Å². The SMILES string of the molecule is CC(C)(C)CCc1ccc(C(=O)O)cn1. The Hall–Kier alpha value is -1.38. The average molecular weight is 207 g/mol. The number of carbonyl (C=O) groups is 1. The second kappa shape index (κ2) is 4.43. The van der Waals surface area contributed by atoms with Gasteiger partial charge in [0.05, 0.1) is 5.56 Å². The number of aryl methyl sites for hydroxylation is 1. The molecule has 1 N–H and O–H groups in total. The molecule has 0 aliphatic carbocycles. The molecule has 0 radical (unpaired) electrons. The lowest BCUT2D eigenvalue weighted by atomic mass is 9.90. The number of carboxylic acids is 1. The molecule has 82 valence electrons. The number of pyridine rings is 1. The van der Waals surface area contributed by atoms with Gasteiger partial charge in [-0.05, 0) is 30.4 Å². The van der Waals surface area contributed by atoms with E-state index in [1.54, 1.807) is 12.1 Å². The first-order chi connectivity index (χ1) is 6.88. The fraction of sp³-hybridized carbons (Fsp3) is 0.500. The summed E-state index contributed by atoms with van der Waals surface area (Å²) in [6, 6.07) is 3.39. The topological polar surface area (TPSA) is 50.2 Å². The summed E-state index contributed by atoms with van der Waals surface area (Å²) in [6.07, 6.45) is 3.36. The molecular formula is C12H17NO2. The Bertz CT molecular complexity index is 336. The lowest BCUT2D eigenvalue weighted by Crippen LogP contribution is -2.07. The van der Waals surface area contributed by atoms with Crippen LogP contribution in [0.15, 0.2) is 18.3 Å². The summed E-state index contributed by atoms with van der Waals surface area (Å²) in [5, 5.41) is 8.69. The van der Waals surface area contributed by atoms with Crippen LogP contribution in [0.25, 0.3) is 0 Å². The van der Waals surface area contributed by atoms with Crippen molar-refractivity contribution in [3.63, 3.8) is 0 Å². The van der Waals surface area contributed by atoms with Gasteiger partial charge < -0.3 is 5.11 Å². The third kappa shape index (κ3) is 4.11. The van der Waals surface area contributed by atoms with E-state index in [0.29, 0.717) is 0 Å². The summed E-state index contributed by atoms with van der Waals surface area (Å²) in [4.78, 5) is 14.7. The van der Waals surface area contributed by atoms with Gasteiger partial charge in [-0.1, -0.05) is 20.8 Å². The van der Waals surface area contributed by atoms with Crippen LogP contribution in [-0.4, -0.2) is 16.1 Å². The average Bonchev–Trinajstić information content (AvgIpc) is 2.14. The zero-order valence-electron chi connectivity index (χ0n) is 9.45. The zero-order valence-corrected chi connectivity index (χ0v) is 9.45. The molecule has 0 fully saturated rings. The Balaban J connectivity index is 2.61. The molecular weight excluding hydrogens is 190 g/mol. The second-order valence-corrected chi connectivity index (χ2v) is 4.90. The maximum absolute atomic E-state index is 10.6. The van der Waals surface area contributed by atoms with E-state index in [1.165, 1.54) is 6.20 Å². The standard InChI is InChI=1S/C12H17NO2/c1-12(2,3)7-6-10-5-4-9(8-13-10)11(14)15/h4-5,8H,6-7H2,1-3H3,(H,14,15). The molecule has 0 amide bonds. The van der Waals surface area contributed by atoms with Crippen LogP contribution in [0.4, 0.5) is 0 Å². The van der Waals surface area contributed by atoms with E-state index in [9.17, 15) is 4.79 Å². The minimum atomic E-state index is -0.926. The molecule has 0 saturated carbocycles. The van der Waals surface area contributed by atoms with Gasteiger partial charge in [-0.2, -0.15) is 0 Å². The molecule has 15 heavy (non-hydrogen) atoms. The number of rotatable bonds is 3. The second-order valence-electron chi connectivity index (χ2n) is 4.90. The van der Waals surface area contributed by atoms with Gasteiger partial charge in [0.25, 0.3) is 0 Å². The lowest BCUT2D eigenvalue weighted by Gasteiger charge is -2.17. The summed E-state index contributed by atoms with van der Waals surface area (Å²) in [5.41, 5.74) is 1.48. The number of nitrogens with zero attached hydrogens (tertiary/aromatic N) is 1. The van der Waals surface area contributed by atoms with Gasteiger partial charge in [0.2, 0.25) is 0 Å². The number of hydrogen-bond acceptors (Lipinski definition) is 2. The van der Waals surface area contributed by atoms with Crippen molar-refractivity contribution in [2.45, 2.75) is 33.6 Å². The molecule has 0 aromatic carbocycles. The van der Waals surface area contributed by atoms with Crippen molar-refractivity contribution >= 4 is 5.97 Å². The molecule has 1 rings (SSSR count). The Morgan fingerprint density at radius 3 is 2.47 bits per heavy atom. The van der Waals surface area contributed by atoms with Gasteiger partial charge in [0.1, 0.15) is 0 Å². The third-order valence-electron chi connectivity index (χ3n) is 2.20. The van der Waals surface area contributed by atoms with Crippen molar-refractivity contribution in [2.75, 3.05) is 0 Å². The first-order valence-electron chi connectivity index (χ1n) is 5.07. The van der Waals surface area contributed by atoms with Crippen LogP contribution in [0.3, 0.4) is 0 Å². The van der Waals surface area contributed by atoms with Crippen LogP contribution < -0.4 is 0 Å². The highest BCUT2D eigenvalue weighted by Gasteiger charge is 2.10. The van der Waals surface area contributed by atoms with Crippen molar-refractivity contribution in [3.8, 4) is 0 Å². The minimum Gasteiger partial charge on any atom is -0.478 e. The van der Waals surface area contributed by atoms with E-state index in [-0.39, 0.29) is 11.0 Å². The fourth-order valence-electron chi connectivity index (χ4n) is 1.20. The molecule has 0 unspecified atom stereocenters. The van der Waals surface area contributed by atoms with Gasteiger partial charge in [-0.15, -0.1) is 0 Å². The smallest absolute Gasteiger partial charge is 0.337 e. The summed E-state index contributed by atoms with van der Waals surface area (Å²) in [6.45, 7) is 6.54. The molecule has 0 spiro atoms. The lowest BCUT2D eigenvalue weighted by molar-refractivity contribution is 0.0696. The van der Waals surface area contributed by atoms with E-state index in [1.807, 2.05) is 0 Å². The van der Waals surface area contributed by atoms with Crippen molar-refractivity contribution in [2.24, 2.45) is 5.41 Å². The van der Waals surface area contributed by atoms with Gasteiger partial charge >= 0.3 is 5.97 Å². The van der Waals surface area contributed by atoms with E-state index < -0.39 is 5.97 Å². The first kappa shape index (κ1) is 11.7. The number of carboxylic acid groups (broad SMARTS) is 1. The Kier molecular flexibility index (Phi) is 3.45. The molecule has 0 saturated heterocycles. The maximum atomic E-state index is 10.6. The molecule has 0 aliphatic heterocycles. The normalized spacial score (nSPS) is 11.4. The molecule has 0 bridgehead atoms. The van der Waals surface area contributed by atoms with Crippen molar-refractivity contribution in [1.29, 1.82) is 0 Å². The molecule has 1 heterocycles. The Morgan fingerprint density at radius 2 is 2.07 bits per heavy atom. The number of aromatic carboxylic acids is 1. The summed E-state index contributed by atoms with van der Waals surface area (Å²) in [7, 11) is 0. The van der Waals surface area contributed by atoms with Gasteiger partial charge in [0.15, 0.2) is 0 Å². The van der Waals surface area contributed by atoms with Crippen LogP contribution in [0.2, 0.25) is 0 Å². The predicted molar refractivity (Wildman–Crippen MR) is 59.0 cm³/mol. The number of aromatic nitrogens is 1. The van der Waals surface area contributed by atoms with Gasteiger partial charge in [-0.3, -0.25) is 4.98 Å². The van der Waals surface area contributed by atoms with E-state index >= 15 is 0 Å². The largest absolute Gasteiger partial charge is 0.478 e. The minimum absolute atomic E-state index is 0.245. The van der Waals surface area contributed by atoms with Crippen molar-refractivity contribution in [3.05, 3.63) is 29.6 Å². The van der Waals surface area contributed by atoms with Crippen LogP contribution in [-0.2, 0) is 6.42 Å². The van der Waals surface area contributed by atoms with Crippen LogP contribution in [0, 0.1) is 5.41 Å². The molecule has 1 aromatic heterocycles. The molecule has 0 aliphatic rings. The summed E-state index contributed by atoms with van der Waals surface area (Å²) < 4.78 is 0. The monoisotopic (exact) mass is 207 g/mol. The molecule has 3 heteroatoms. The molecule has 3 nitrogen and oxygen atoms in total.